The van der Waals surface area contributed by atoms with E-state index in [1.165, 1.54) is 23.7 Å². The Morgan fingerprint density at radius 2 is 2.10 bits per heavy atom. The van der Waals surface area contributed by atoms with Crippen molar-refractivity contribution in [2.24, 2.45) is 7.05 Å². The van der Waals surface area contributed by atoms with Crippen molar-refractivity contribution in [2.75, 3.05) is 0 Å². The van der Waals surface area contributed by atoms with Crippen LogP contribution in [0.4, 0.5) is 4.39 Å². The van der Waals surface area contributed by atoms with E-state index in [4.69, 9.17) is 0 Å². The van der Waals surface area contributed by atoms with Gasteiger partial charge in [-0.3, -0.25) is 4.68 Å². The fraction of sp³-hybridized carbons (Fsp3) is 0.214. The van der Waals surface area contributed by atoms with Crippen LogP contribution in [0.25, 0.3) is 0 Å². The predicted octanol–water partition coefficient (Wildman–Crippen LogP) is 2.29. The van der Waals surface area contributed by atoms with Crippen LogP contribution in [0.5, 0.6) is 0 Å². The molecule has 108 valence electrons. The second kappa shape index (κ2) is 6.11. The van der Waals surface area contributed by atoms with Crippen LogP contribution in [-0.2, 0) is 13.6 Å². The summed E-state index contributed by atoms with van der Waals surface area (Å²) in [5, 5.41) is 13.5. The highest BCUT2D eigenvalue weighted by molar-refractivity contribution is 7.03. The maximum Gasteiger partial charge on any atom is 0.123 e. The monoisotopic (exact) mass is 303 g/mol. The molecule has 0 spiro atoms. The summed E-state index contributed by atoms with van der Waals surface area (Å²) in [7, 11) is 1.87. The molecule has 3 rings (SSSR count). The van der Waals surface area contributed by atoms with Crippen molar-refractivity contribution in [1.82, 2.24) is 24.7 Å². The summed E-state index contributed by atoms with van der Waals surface area (Å²) < 4.78 is 18.7. The van der Waals surface area contributed by atoms with Crippen LogP contribution in [0.3, 0.4) is 0 Å². The van der Waals surface area contributed by atoms with Crippen molar-refractivity contribution in [3.8, 4) is 0 Å². The number of nitrogens with zero attached hydrogens (tertiary/aromatic N) is 4. The molecule has 0 bridgehead atoms. The third-order valence-corrected chi connectivity index (χ3v) is 3.71. The van der Waals surface area contributed by atoms with E-state index < -0.39 is 0 Å². The van der Waals surface area contributed by atoms with Gasteiger partial charge in [0, 0.05) is 30.7 Å². The fourth-order valence-electron chi connectivity index (χ4n) is 2.14. The molecular weight excluding hydrogens is 289 g/mol. The maximum absolute atomic E-state index is 13.1. The summed E-state index contributed by atoms with van der Waals surface area (Å²) in [4.78, 5) is 0. The number of nitrogens with one attached hydrogen (secondary N) is 1. The molecule has 2 aromatic heterocycles. The van der Waals surface area contributed by atoms with Crippen molar-refractivity contribution in [2.45, 2.75) is 12.6 Å². The highest BCUT2D eigenvalue weighted by Gasteiger charge is 2.16. The first-order valence-corrected chi connectivity index (χ1v) is 7.29. The number of aromatic nitrogens is 4. The number of hydrogen-bond donors (Lipinski definition) is 1. The molecule has 0 saturated heterocycles. The molecule has 0 saturated carbocycles. The minimum absolute atomic E-state index is 0.0685. The van der Waals surface area contributed by atoms with E-state index in [2.05, 4.69) is 20.0 Å². The molecule has 3 aromatic rings. The van der Waals surface area contributed by atoms with Crippen molar-refractivity contribution >= 4 is 11.5 Å². The van der Waals surface area contributed by atoms with Gasteiger partial charge in [0.05, 0.1) is 17.9 Å². The summed E-state index contributed by atoms with van der Waals surface area (Å²) in [6.07, 6.45) is 3.75. The van der Waals surface area contributed by atoms with Crippen molar-refractivity contribution in [3.05, 3.63) is 64.7 Å². The Balaban J connectivity index is 1.85. The number of benzene rings is 1. The molecule has 0 radical (unpaired) electrons. The molecular formula is C14H14FN5S. The zero-order valence-corrected chi connectivity index (χ0v) is 12.2. The number of halogens is 1. The van der Waals surface area contributed by atoms with E-state index in [9.17, 15) is 4.39 Å². The molecule has 0 aliphatic rings. The molecule has 1 unspecified atom stereocenters. The molecule has 1 aromatic carbocycles. The van der Waals surface area contributed by atoms with E-state index in [0.29, 0.717) is 6.54 Å². The van der Waals surface area contributed by atoms with Gasteiger partial charge in [0.1, 0.15) is 5.82 Å². The van der Waals surface area contributed by atoms with Crippen LogP contribution in [0.2, 0.25) is 0 Å². The topological polar surface area (TPSA) is 55.6 Å². The normalized spacial score (nSPS) is 12.5. The van der Waals surface area contributed by atoms with Gasteiger partial charge < -0.3 is 5.32 Å². The molecule has 0 aliphatic heterocycles. The molecule has 21 heavy (non-hydrogen) atoms. The lowest BCUT2D eigenvalue weighted by Gasteiger charge is -2.17. The lowest BCUT2D eigenvalue weighted by molar-refractivity contribution is 0.590. The predicted molar refractivity (Wildman–Crippen MR) is 78.2 cm³/mol. The third kappa shape index (κ3) is 3.32. The zero-order valence-electron chi connectivity index (χ0n) is 11.4. The summed E-state index contributed by atoms with van der Waals surface area (Å²) >= 11 is 1.32. The van der Waals surface area contributed by atoms with E-state index >= 15 is 0 Å². The minimum atomic E-state index is -0.243. The number of aryl methyl sites for hydroxylation is 1. The highest BCUT2D eigenvalue weighted by Crippen LogP contribution is 2.22. The summed E-state index contributed by atoms with van der Waals surface area (Å²) in [5.74, 6) is -0.243. The van der Waals surface area contributed by atoms with Crippen LogP contribution in [-0.4, -0.2) is 19.4 Å². The summed E-state index contributed by atoms with van der Waals surface area (Å²) in [6, 6.07) is 6.41. The second-order valence-electron chi connectivity index (χ2n) is 4.71. The van der Waals surface area contributed by atoms with E-state index in [1.807, 2.05) is 18.6 Å². The van der Waals surface area contributed by atoms with Gasteiger partial charge in [-0.25, -0.2) is 4.39 Å². The van der Waals surface area contributed by atoms with Gasteiger partial charge >= 0.3 is 0 Å². The van der Waals surface area contributed by atoms with Crippen LogP contribution in [0.1, 0.15) is 22.9 Å². The lowest BCUT2D eigenvalue weighted by atomic mass is 10.0. The maximum atomic E-state index is 13.1. The number of rotatable bonds is 5. The molecule has 7 heteroatoms. The van der Waals surface area contributed by atoms with Gasteiger partial charge in [0.15, 0.2) is 0 Å². The molecule has 5 nitrogen and oxygen atoms in total. The van der Waals surface area contributed by atoms with Gasteiger partial charge in [-0.2, -0.15) is 5.10 Å². The van der Waals surface area contributed by atoms with Gasteiger partial charge in [0.2, 0.25) is 0 Å². The van der Waals surface area contributed by atoms with Gasteiger partial charge in [-0.1, -0.05) is 16.6 Å². The summed E-state index contributed by atoms with van der Waals surface area (Å²) in [6.45, 7) is 0.591. The first kappa shape index (κ1) is 13.8. The average molecular weight is 303 g/mol. The van der Waals surface area contributed by atoms with Crippen LogP contribution < -0.4 is 5.32 Å². The third-order valence-electron chi connectivity index (χ3n) is 3.15. The lowest BCUT2D eigenvalue weighted by Crippen LogP contribution is -2.22. The van der Waals surface area contributed by atoms with Crippen LogP contribution >= 0.6 is 11.5 Å². The minimum Gasteiger partial charge on any atom is -0.300 e. The van der Waals surface area contributed by atoms with Crippen LogP contribution in [0, 0.1) is 5.82 Å². The van der Waals surface area contributed by atoms with E-state index in [0.717, 1.165) is 16.8 Å². The highest BCUT2D eigenvalue weighted by atomic mass is 32.1. The quantitative estimate of drug-likeness (QED) is 0.786. The van der Waals surface area contributed by atoms with Crippen molar-refractivity contribution < 1.29 is 4.39 Å². The van der Waals surface area contributed by atoms with Crippen molar-refractivity contribution in [3.63, 3.8) is 0 Å². The Kier molecular flexibility index (Phi) is 4.03. The van der Waals surface area contributed by atoms with E-state index in [1.54, 1.807) is 23.0 Å². The molecule has 0 amide bonds. The first-order chi connectivity index (χ1) is 10.2. The van der Waals surface area contributed by atoms with Gasteiger partial charge in [-0.05, 0) is 29.2 Å². The largest absolute Gasteiger partial charge is 0.300 e. The Hall–Kier alpha value is -2.12. The van der Waals surface area contributed by atoms with Gasteiger partial charge in [0.25, 0.3) is 0 Å². The number of hydrogen-bond acceptors (Lipinski definition) is 5. The second-order valence-corrected chi connectivity index (χ2v) is 5.32. The zero-order chi connectivity index (χ0) is 14.7. The molecule has 1 N–H and O–H groups in total. The Labute approximate surface area is 125 Å². The first-order valence-electron chi connectivity index (χ1n) is 6.46. The summed E-state index contributed by atoms with van der Waals surface area (Å²) in [5.41, 5.74) is 2.89. The smallest absolute Gasteiger partial charge is 0.123 e. The average Bonchev–Trinajstić information content (AvgIpc) is 3.13. The molecule has 0 fully saturated rings. The Bertz CT molecular complexity index is 692. The molecule has 2 heterocycles. The van der Waals surface area contributed by atoms with E-state index in [-0.39, 0.29) is 11.9 Å². The van der Waals surface area contributed by atoms with Crippen LogP contribution in [0.15, 0.2) is 42.0 Å². The molecule has 1 atom stereocenters. The Morgan fingerprint density at radius 3 is 2.71 bits per heavy atom. The molecule has 0 aliphatic carbocycles. The fourth-order valence-corrected chi connectivity index (χ4v) is 2.59. The SMILES string of the molecule is Cn1cc(C(NCc2csnn2)c2ccc(F)cc2)cn1. The van der Waals surface area contributed by atoms with Crippen molar-refractivity contribution in [1.29, 1.82) is 0 Å². The standard InChI is InChI=1S/C14H14FN5S/c1-20-8-11(6-17-20)14(10-2-4-12(15)5-3-10)16-7-13-9-21-19-18-13/h2-6,8-9,14,16H,7H2,1H3. The Morgan fingerprint density at radius 1 is 1.29 bits per heavy atom. The van der Waals surface area contributed by atoms with Gasteiger partial charge in [-0.15, -0.1) is 5.10 Å².